The van der Waals surface area contributed by atoms with E-state index in [0.29, 0.717) is 5.88 Å². The molecule has 0 saturated heterocycles. The SMILES string of the molecule is CC(C)Oc1cccc2c1nc(CCl)n2C1(C)CC1. The van der Waals surface area contributed by atoms with Gasteiger partial charge in [0.1, 0.15) is 17.1 Å². The number of hydrogen-bond donors (Lipinski definition) is 0. The van der Waals surface area contributed by atoms with Gasteiger partial charge in [-0.3, -0.25) is 0 Å². The van der Waals surface area contributed by atoms with Gasteiger partial charge in [-0.2, -0.15) is 0 Å². The summed E-state index contributed by atoms with van der Waals surface area (Å²) < 4.78 is 8.15. The molecule has 1 aliphatic rings. The van der Waals surface area contributed by atoms with Crippen molar-refractivity contribution in [2.24, 2.45) is 0 Å². The van der Waals surface area contributed by atoms with Crippen LogP contribution in [-0.2, 0) is 11.4 Å². The monoisotopic (exact) mass is 278 g/mol. The molecule has 0 radical (unpaired) electrons. The lowest BCUT2D eigenvalue weighted by Crippen LogP contribution is -2.14. The van der Waals surface area contributed by atoms with Crippen LogP contribution in [0.2, 0.25) is 0 Å². The Morgan fingerprint density at radius 2 is 2.16 bits per heavy atom. The van der Waals surface area contributed by atoms with Gasteiger partial charge < -0.3 is 9.30 Å². The molecule has 102 valence electrons. The van der Waals surface area contributed by atoms with Crippen molar-refractivity contribution >= 4 is 22.6 Å². The molecular formula is C15H19ClN2O. The minimum absolute atomic E-state index is 0.145. The number of nitrogens with zero attached hydrogens (tertiary/aromatic N) is 2. The lowest BCUT2D eigenvalue weighted by molar-refractivity contribution is 0.245. The van der Waals surface area contributed by atoms with Gasteiger partial charge in [0, 0.05) is 5.54 Å². The standard InChI is InChI=1S/C15H19ClN2O/c1-10(2)19-12-6-4-5-11-14(12)17-13(9-16)18(11)15(3)7-8-15/h4-6,10H,7-9H2,1-3H3. The van der Waals surface area contributed by atoms with E-state index >= 15 is 0 Å². The van der Waals surface area contributed by atoms with E-state index in [2.05, 4.69) is 17.6 Å². The van der Waals surface area contributed by atoms with Crippen LogP contribution < -0.4 is 4.74 Å². The van der Waals surface area contributed by atoms with Gasteiger partial charge in [-0.1, -0.05) is 6.07 Å². The normalized spacial score (nSPS) is 17.1. The molecule has 1 saturated carbocycles. The summed E-state index contributed by atoms with van der Waals surface area (Å²) >= 11 is 6.07. The number of alkyl halides is 1. The highest BCUT2D eigenvalue weighted by Crippen LogP contribution is 2.46. The van der Waals surface area contributed by atoms with Crippen LogP contribution in [0.25, 0.3) is 11.0 Å². The van der Waals surface area contributed by atoms with Crippen LogP contribution in [0.4, 0.5) is 0 Å². The molecule has 1 aromatic heterocycles. The highest BCUT2D eigenvalue weighted by atomic mass is 35.5. The van der Waals surface area contributed by atoms with Crippen molar-refractivity contribution in [2.75, 3.05) is 0 Å². The quantitative estimate of drug-likeness (QED) is 0.788. The molecule has 0 aliphatic heterocycles. The number of benzene rings is 1. The van der Waals surface area contributed by atoms with Crippen molar-refractivity contribution in [1.29, 1.82) is 0 Å². The highest BCUT2D eigenvalue weighted by molar-refractivity contribution is 6.17. The smallest absolute Gasteiger partial charge is 0.147 e. The van der Waals surface area contributed by atoms with Crippen LogP contribution in [0.5, 0.6) is 5.75 Å². The summed E-state index contributed by atoms with van der Waals surface area (Å²) in [5.74, 6) is 2.23. The zero-order chi connectivity index (χ0) is 13.6. The lowest BCUT2D eigenvalue weighted by atomic mass is 10.2. The minimum atomic E-state index is 0.145. The van der Waals surface area contributed by atoms with E-state index in [1.54, 1.807) is 0 Å². The lowest BCUT2D eigenvalue weighted by Gasteiger charge is -2.15. The maximum Gasteiger partial charge on any atom is 0.147 e. The number of aromatic nitrogens is 2. The van der Waals surface area contributed by atoms with Crippen LogP contribution in [-0.4, -0.2) is 15.7 Å². The fraction of sp³-hybridized carbons (Fsp3) is 0.533. The van der Waals surface area contributed by atoms with Gasteiger partial charge in [0.05, 0.1) is 17.5 Å². The molecule has 0 unspecified atom stereocenters. The second kappa shape index (κ2) is 4.41. The number of imidazole rings is 1. The fourth-order valence-corrected chi connectivity index (χ4v) is 2.75. The van der Waals surface area contributed by atoms with Gasteiger partial charge >= 0.3 is 0 Å². The Kier molecular flexibility index (Phi) is 2.97. The first-order valence-corrected chi connectivity index (χ1v) is 7.32. The Bertz CT molecular complexity index is 614. The second-order valence-corrected chi connectivity index (χ2v) is 6.05. The van der Waals surface area contributed by atoms with E-state index in [-0.39, 0.29) is 11.6 Å². The zero-order valence-electron chi connectivity index (χ0n) is 11.6. The van der Waals surface area contributed by atoms with E-state index < -0.39 is 0 Å². The Balaban J connectivity index is 2.20. The molecule has 1 aromatic carbocycles. The van der Waals surface area contributed by atoms with Crippen LogP contribution in [0.3, 0.4) is 0 Å². The summed E-state index contributed by atoms with van der Waals surface area (Å²) in [5.41, 5.74) is 2.25. The summed E-state index contributed by atoms with van der Waals surface area (Å²) in [5, 5.41) is 0. The van der Waals surface area contributed by atoms with Crippen molar-refractivity contribution in [3.63, 3.8) is 0 Å². The number of halogens is 1. The molecule has 0 bridgehead atoms. The molecule has 4 heteroatoms. The summed E-state index contributed by atoms with van der Waals surface area (Å²) in [7, 11) is 0. The third-order valence-corrected chi connectivity index (χ3v) is 3.95. The number of fused-ring (bicyclic) bond motifs is 1. The van der Waals surface area contributed by atoms with E-state index in [0.717, 1.165) is 22.6 Å². The summed E-state index contributed by atoms with van der Waals surface area (Å²) in [6.07, 6.45) is 2.53. The molecular weight excluding hydrogens is 260 g/mol. The number of para-hydroxylation sites is 1. The van der Waals surface area contributed by atoms with Gasteiger partial charge in [0.2, 0.25) is 0 Å². The first kappa shape index (κ1) is 12.8. The molecule has 1 aliphatic carbocycles. The van der Waals surface area contributed by atoms with E-state index in [9.17, 15) is 0 Å². The Morgan fingerprint density at radius 1 is 1.42 bits per heavy atom. The predicted octanol–water partition coefficient (Wildman–Crippen LogP) is 4.07. The molecule has 2 aromatic rings. The first-order chi connectivity index (χ1) is 9.05. The molecule has 3 rings (SSSR count). The minimum Gasteiger partial charge on any atom is -0.489 e. The van der Waals surface area contributed by atoms with Crippen molar-refractivity contribution in [3.8, 4) is 5.75 Å². The van der Waals surface area contributed by atoms with Crippen LogP contribution in [0.15, 0.2) is 18.2 Å². The third kappa shape index (κ3) is 2.10. The van der Waals surface area contributed by atoms with Gasteiger partial charge in [-0.15, -0.1) is 11.6 Å². The Morgan fingerprint density at radius 3 is 2.74 bits per heavy atom. The highest BCUT2D eigenvalue weighted by Gasteiger charge is 2.42. The van der Waals surface area contributed by atoms with E-state index in [4.69, 9.17) is 21.3 Å². The average Bonchev–Trinajstić information content (AvgIpc) is 2.97. The average molecular weight is 279 g/mol. The summed E-state index contributed by atoms with van der Waals surface area (Å²) in [6.45, 7) is 6.32. The van der Waals surface area contributed by atoms with Gasteiger partial charge in [0.25, 0.3) is 0 Å². The number of rotatable bonds is 4. The predicted molar refractivity (Wildman–Crippen MR) is 77.9 cm³/mol. The second-order valence-electron chi connectivity index (χ2n) is 5.78. The molecule has 19 heavy (non-hydrogen) atoms. The van der Waals surface area contributed by atoms with Gasteiger partial charge in [0.15, 0.2) is 0 Å². The van der Waals surface area contributed by atoms with Crippen LogP contribution in [0, 0.1) is 0 Å². The molecule has 3 nitrogen and oxygen atoms in total. The van der Waals surface area contributed by atoms with E-state index in [1.807, 2.05) is 26.0 Å². The van der Waals surface area contributed by atoms with Crippen molar-refractivity contribution in [3.05, 3.63) is 24.0 Å². The number of hydrogen-bond acceptors (Lipinski definition) is 2. The molecule has 0 N–H and O–H groups in total. The topological polar surface area (TPSA) is 27.1 Å². The third-order valence-electron chi connectivity index (χ3n) is 3.71. The van der Waals surface area contributed by atoms with Gasteiger partial charge in [-0.25, -0.2) is 4.98 Å². The molecule has 0 amide bonds. The molecule has 1 fully saturated rings. The summed E-state index contributed by atoms with van der Waals surface area (Å²) in [4.78, 5) is 4.70. The van der Waals surface area contributed by atoms with Crippen LogP contribution in [0.1, 0.15) is 39.4 Å². The maximum absolute atomic E-state index is 6.07. The van der Waals surface area contributed by atoms with Crippen molar-refractivity contribution in [2.45, 2.75) is 51.1 Å². The fourth-order valence-electron chi connectivity index (χ4n) is 2.57. The van der Waals surface area contributed by atoms with Crippen molar-refractivity contribution in [1.82, 2.24) is 9.55 Å². The van der Waals surface area contributed by atoms with Crippen LogP contribution >= 0.6 is 11.6 Å². The maximum atomic E-state index is 6.07. The zero-order valence-corrected chi connectivity index (χ0v) is 12.4. The largest absolute Gasteiger partial charge is 0.489 e. The Hall–Kier alpha value is -1.22. The first-order valence-electron chi connectivity index (χ1n) is 6.78. The summed E-state index contributed by atoms with van der Waals surface area (Å²) in [6, 6.07) is 6.12. The molecule has 1 heterocycles. The molecule has 0 spiro atoms. The molecule has 0 atom stereocenters. The van der Waals surface area contributed by atoms with Gasteiger partial charge in [-0.05, 0) is 45.7 Å². The van der Waals surface area contributed by atoms with Crippen molar-refractivity contribution < 1.29 is 4.74 Å². The Labute approximate surface area is 118 Å². The van der Waals surface area contributed by atoms with E-state index in [1.165, 1.54) is 12.8 Å². The number of ether oxygens (including phenoxy) is 1.